The van der Waals surface area contributed by atoms with Crippen LogP contribution < -0.4 is 10.1 Å². The van der Waals surface area contributed by atoms with E-state index in [0.29, 0.717) is 12.5 Å². The Morgan fingerprint density at radius 1 is 1.35 bits per heavy atom. The van der Waals surface area contributed by atoms with E-state index < -0.39 is 0 Å². The van der Waals surface area contributed by atoms with Gasteiger partial charge in [0.05, 0.1) is 0 Å². The van der Waals surface area contributed by atoms with Gasteiger partial charge in [0.15, 0.2) is 0 Å². The second kappa shape index (κ2) is 7.60. The van der Waals surface area contributed by atoms with E-state index in [0.717, 1.165) is 24.5 Å². The van der Waals surface area contributed by atoms with Crippen LogP contribution in [0, 0.1) is 5.92 Å². The number of nitrogens with zero attached hydrogens (tertiary/aromatic N) is 2. The third-order valence-corrected chi connectivity index (χ3v) is 3.49. The third-order valence-electron chi connectivity index (χ3n) is 3.49. The number of ether oxygens (including phenoxy) is 1. The molecule has 0 aromatic carbocycles. The Morgan fingerprint density at radius 3 is 2.65 bits per heavy atom. The van der Waals surface area contributed by atoms with Crippen LogP contribution in [0.15, 0.2) is 18.3 Å². The van der Waals surface area contributed by atoms with Gasteiger partial charge in [-0.1, -0.05) is 19.9 Å². The van der Waals surface area contributed by atoms with Crippen molar-refractivity contribution in [3.8, 4) is 5.88 Å². The first-order chi connectivity index (χ1) is 9.33. The molecule has 0 spiro atoms. The summed E-state index contributed by atoms with van der Waals surface area (Å²) in [5.74, 6) is 1.38. The molecule has 1 N–H and O–H groups in total. The molecule has 0 fully saturated rings. The summed E-state index contributed by atoms with van der Waals surface area (Å²) >= 11 is 0. The van der Waals surface area contributed by atoms with Gasteiger partial charge in [0.2, 0.25) is 5.88 Å². The van der Waals surface area contributed by atoms with Gasteiger partial charge in [0.1, 0.15) is 6.61 Å². The summed E-state index contributed by atoms with van der Waals surface area (Å²) in [5.41, 5.74) is 1.10. The van der Waals surface area contributed by atoms with Crippen molar-refractivity contribution < 1.29 is 4.74 Å². The highest BCUT2D eigenvalue weighted by atomic mass is 16.5. The molecule has 1 aromatic rings. The van der Waals surface area contributed by atoms with E-state index >= 15 is 0 Å². The van der Waals surface area contributed by atoms with Crippen molar-refractivity contribution in [1.82, 2.24) is 15.2 Å². The fraction of sp³-hybridized carbons (Fsp3) is 0.688. The molecule has 20 heavy (non-hydrogen) atoms. The van der Waals surface area contributed by atoms with Crippen LogP contribution in [-0.4, -0.2) is 42.7 Å². The molecule has 0 saturated carbocycles. The predicted molar refractivity (Wildman–Crippen MR) is 84.0 cm³/mol. The lowest BCUT2D eigenvalue weighted by Crippen LogP contribution is -2.43. The lowest BCUT2D eigenvalue weighted by atomic mass is 10.1. The van der Waals surface area contributed by atoms with Crippen LogP contribution in [0.1, 0.15) is 33.3 Å². The Hall–Kier alpha value is -1.13. The molecule has 4 heteroatoms. The van der Waals surface area contributed by atoms with Crippen molar-refractivity contribution in [2.24, 2.45) is 5.92 Å². The molecule has 1 aromatic heterocycles. The maximum atomic E-state index is 5.93. The number of aromatic nitrogens is 1. The zero-order valence-electron chi connectivity index (χ0n) is 13.7. The zero-order chi connectivity index (χ0) is 15.2. The highest BCUT2D eigenvalue weighted by molar-refractivity contribution is 5.25. The Morgan fingerprint density at radius 2 is 2.05 bits per heavy atom. The van der Waals surface area contributed by atoms with Crippen molar-refractivity contribution >= 4 is 0 Å². The SMILES string of the molecule is CC(C)CNCc1cccnc1OCC(C)(C)N(C)C. The molecule has 0 aliphatic heterocycles. The first-order valence-corrected chi connectivity index (χ1v) is 7.28. The van der Waals surface area contributed by atoms with Gasteiger partial charge in [0.25, 0.3) is 0 Å². The van der Waals surface area contributed by atoms with Crippen LogP contribution in [0.2, 0.25) is 0 Å². The fourth-order valence-corrected chi connectivity index (χ4v) is 1.56. The second-order valence-electron chi connectivity index (χ2n) is 6.49. The van der Waals surface area contributed by atoms with Crippen LogP contribution in [0.5, 0.6) is 5.88 Å². The summed E-state index contributed by atoms with van der Waals surface area (Å²) in [4.78, 5) is 6.52. The van der Waals surface area contributed by atoms with Gasteiger partial charge in [-0.3, -0.25) is 0 Å². The Bertz CT molecular complexity index is 402. The minimum atomic E-state index is -0.0137. The second-order valence-corrected chi connectivity index (χ2v) is 6.49. The van der Waals surface area contributed by atoms with E-state index in [1.54, 1.807) is 6.20 Å². The molecule has 0 bridgehead atoms. The quantitative estimate of drug-likeness (QED) is 0.793. The van der Waals surface area contributed by atoms with Gasteiger partial charge < -0.3 is 15.0 Å². The molecule has 0 aliphatic carbocycles. The lowest BCUT2D eigenvalue weighted by Gasteiger charge is -2.32. The molecular weight excluding hydrogens is 250 g/mol. The van der Waals surface area contributed by atoms with E-state index in [2.05, 4.69) is 63.1 Å². The lowest BCUT2D eigenvalue weighted by molar-refractivity contribution is 0.110. The molecule has 0 amide bonds. The summed E-state index contributed by atoms with van der Waals surface area (Å²) in [5, 5.41) is 3.43. The average molecular weight is 279 g/mol. The Kier molecular flexibility index (Phi) is 6.43. The summed E-state index contributed by atoms with van der Waals surface area (Å²) in [6.07, 6.45) is 1.78. The number of nitrogens with one attached hydrogen (secondary N) is 1. The zero-order valence-corrected chi connectivity index (χ0v) is 13.7. The van der Waals surface area contributed by atoms with Gasteiger partial charge in [0, 0.05) is 23.8 Å². The average Bonchev–Trinajstić information content (AvgIpc) is 2.37. The standard InChI is InChI=1S/C16H29N3O/c1-13(2)10-17-11-14-8-7-9-18-15(14)20-12-16(3,4)19(5)6/h7-9,13,17H,10-12H2,1-6H3. The van der Waals surface area contributed by atoms with E-state index in [9.17, 15) is 0 Å². The van der Waals surface area contributed by atoms with E-state index in [-0.39, 0.29) is 5.54 Å². The van der Waals surface area contributed by atoms with Gasteiger partial charge in [-0.15, -0.1) is 0 Å². The minimum Gasteiger partial charge on any atom is -0.475 e. The van der Waals surface area contributed by atoms with Crippen molar-refractivity contribution in [3.63, 3.8) is 0 Å². The first-order valence-electron chi connectivity index (χ1n) is 7.28. The molecule has 0 atom stereocenters. The van der Waals surface area contributed by atoms with E-state index in [4.69, 9.17) is 4.74 Å². The number of pyridine rings is 1. The molecule has 4 nitrogen and oxygen atoms in total. The topological polar surface area (TPSA) is 37.4 Å². The highest BCUT2D eigenvalue weighted by Crippen LogP contribution is 2.18. The number of hydrogen-bond acceptors (Lipinski definition) is 4. The molecule has 0 aliphatic rings. The van der Waals surface area contributed by atoms with Crippen molar-refractivity contribution in [3.05, 3.63) is 23.9 Å². The van der Waals surface area contributed by atoms with Crippen molar-refractivity contribution in [2.45, 2.75) is 39.8 Å². The Labute approximate surface area is 123 Å². The van der Waals surface area contributed by atoms with Crippen LogP contribution in [0.25, 0.3) is 0 Å². The molecule has 0 radical (unpaired) electrons. The van der Waals surface area contributed by atoms with Gasteiger partial charge in [-0.2, -0.15) is 0 Å². The highest BCUT2D eigenvalue weighted by Gasteiger charge is 2.22. The van der Waals surface area contributed by atoms with Crippen LogP contribution in [-0.2, 0) is 6.54 Å². The number of hydrogen-bond donors (Lipinski definition) is 1. The molecular formula is C16H29N3O. The third kappa shape index (κ3) is 5.47. The monoisotopic (exact) mass is 279 g/mol. The summed E-state index contributed by atoms with van der Waals surface area (Å²) < 4.78 is 5.93. The van der Waals surface area contributed by atoms with E-state index in [1.165, 1.54) is 0 Å². The fourth-order valence-electron chi connectivity index (χ4n) is 1.56. The van der Waals surface area contributed by atoms with Crippen molar-refractivity contribution in [1.29, 1.82) is 0 Å². The van der Waals surface area contributed by atoms with Crippen LogP contribution >= 0.6 is 0 Å². The molecule has 0 unspecified atom stereocenters. The molecule has 0 saturated heterocycles. The molecule has 1 heterocycles. The van der Waals surface area contributed by atoms with Crippen molar-refractivity contribution in [2.75, 3.05) is 27.2 Å². The first kappa shape index (κ1) is 16.9. The van der Waals surface area contributed by atoms with Gasteiger partial charge >= 0.3 is 0 Å². The normalized spacial score (nSPS) is 12.2. The maximum absolute atomic E-state index is 5.93. The maximum Gasteiger partial charge on any atom is 0.217 e. The summed E-state index contributed by atoms with van der Waals surface area (Å²) in [7, 11) is 4.12. The molecule has 114 valence electrons. The van der Waals surface area contributed by atoms with Gasteiger partial charge in [-0.05, 0) is 46.5 Å². The minimum absolute atomic E-state index is 0.0137. The largest absolute Gasteiger partial charge is 0.475 e. The number of rotatable bonds is 8. The molecule has 1 rings (SSSR count). The predicted octanol–water partition coefficient (Wildman–Crippen LogP) is 2.55. The number of likely N-dealkylation sites (N-methyl/N-ethyl adjacent to an activating group) is 1. The van der Waals surface area contributed by atoms with Crippen LogP contribution in [0.4, 0.5) is 0 Å². The van der Waals surface area contributed by atoms with Crippen LogP contribution in [0.3, 0.4) is 0 Å². The Balaban J connectivity index is 2.61. The smallest absolute Gasteiger partial charge is 0.217 e. The van der Waals surface area contributed by atoms with Gasteiger partial charge in [-0.25, -0.2) is 4.98 Å². The van der Waals surface area contributed by atoms with E-state index in [1.807, 2.05) is 6.07 Å². The summed E-state index contributed by atoms with van der Waals surface area (Å²) in [6, 6.07) is 4.02. The summed E-state index contributed by atoms with van der Waals surface area (Å²) in [6.45, 7) is 11.1.